The molecule has 0 aromatic heterocycles. The van der Waals surface area contributed by atoms with Gasteiger partial charge in [-0.1, -0.05) is 37.3 Å². The lowest BCUT2D eigenvalue weighted by Crippen LogP contribution is -2.04. The highest BCUT2D eigenvalue weighted by atomic mass is 16.2. The van der Waals surface area contributed by atoms with Crippen LogP contribution in [0.3, 0.4) is 0 Å². The van der Waals surface area contributed by atoms with Crippen LogP contribution in [0.4, 0.5) is 11.4 Å². The molecule has 0 aliphatic heterocycles. The Labute approximate surface area is 133 Å². The first-order valence-corrected chi connectivity index (χ1v) is 8.11. The van der Waals surface area contributed by atoms with Crippen molar-refractivity contribution >= 4 is 11.4 Å². The molecule has 0 spiro atoms. The molecule has 0 unspecified atom stereocenters. The normalized spacial score (nSPS) is 10.5. The molecule has 2 rings (SSSR count). The summed E-state index contributed by atoms with van der Waals surface area (Å²) < 4.78 is 0. The highest BCUT2D eigenvalue weighted by Crippen LogP contribution is 2.33. The maximum atomic E-state index is 9.29. The zero-order chi connectivity index (χ0) is 15.8. The third-order valence-corrected chi connectivity index (χ3v) is 3.65. The summed E-state index contributed by atoms with van der Waals surface area (Å²) in [4.78, 5) is 0. The van der Waals surface area contributed by atoms with Crippen LogP contribution in [0.5, 0.6) is 0 Å². The maximum absolute atomic E-state index is 9.29. The van der Waals surface area contributed by atoms with Crippen LogP contribution in [-0.4, -0.2) is 24.8 Å². The van der Waals surface area contributed by atoms with Crippen molar-refractivity contribution in [3.8, 4) is 11.1 Å². The number of benzene rings is 2. The Morgan fingerprint density at radius 2 is 1.77 bits per heavy atom. The van der Waals surface area contributed by atoms with E-state index in [1.807, 2.05) is 6.07 Å². The quantitative estimate of drug-likeness (QED) is 0.686. The van der Waals surface area contributed by atoms with Crippen LogP contribution in [0.25, 0.3) is 11.1 Å². The Morgan fingerprint density at radius 1 is 0.955 bits per heavy atom. The summed E-state index contributed by atoms with van der Waals surface area (Å²) >= 11 is 0. The van der Waals surface area contributed by atoms with E-state index >= 15 is 0 Å². The van der Waals surface area contributed by atoms with E-state index in [2.05, 4.69) is 60.9 Å². The van der Waals surface area contributed by atoms with Gasteiger partial charge >= 0.3 is 0 Å². The second-order valence-electron chi connectivity index (χ2n) is 5.35. The van der Waals surface area contributed by atoms with Crippen molar-refractivity contribution in [2.24, 2.45) is 0 Å². The van der Waals surface area contributed by atoms with Crippen molar-refractivity contribution in [1.82, 2.24) is 0 Å². The molecule has 0 radical (unpaired) electrons. The molecule has 3 heteroatoms. The van der Waals surface area contributed by atoms with Crippen LogP contribution >= 0.6 is 0 Å². The van der Waals surface area contributed by atoms with Gasteiger partial charge in [0.1, 0.15) is 0 Å². The monoisotopic (exact) mass is 298 g/mol. The number of nitrogens with one attached hydrogen (secondary N) is 2. The van der Waals surface area contributed by atoms with Crippen molar-refractivity contribution in [2.45, 2.75) is 26.7 Å². The van der Waals surface area contributed by atoms with Crippen LogP contribution in [0, 0.1) is 0 Å². The van der Waals surface area contributed by atoms with Crippen molar-refractivity contribution in [3.63, 3.8) is 0 Å². The Morgan fingerprint density at radius 3 is 2.50 bits per heavy atom. The fourth-order valence-corrected chi connectivity index (χ4v) is 2.62. The molecule has 0 amide bonds. The minimum Gasteiger partial charge on any atom is -0.396 e. The number of anilines is 2. The lowest BCUT2D eigenvalue weighted by atomic mass is 9.96. The first-order valence-electron chi connectivity index (χ1n) is 8.11. The smallest absolute Gasteiger partial charge is 0.0471 e. The van der Waals surface area contributed by atoms with E-state index in [0.717, 1.165) is 30.9 Å². The number of rotatable bonds is 8. The molecule has 22 heavy (non-hydrogen) atoms. The summed E-state index contributed by atoms with van der Waals surface area (Å²) in [6, 6.07) is 14.7. The van der Waals surface area contributed by atoms with Gasteiger partial charge in [-0.15, -0.1) is 0 Å². The standard InChI is InChI=1S/C19H26N2O/c1-3-12-21-19-14-16(20-4-2)9-10-18(19)17-8-6-5-7-15(17)11-13-22/h5-10,14,20-22H,3-4,11-13H2,1-2H3. The Bertz CT molecular complexity index is 596. The average molecular weight is 298 g/mol. The molecule has 0 saturated carbocycles. The van der Waals surface area contributed by atoms with Gasteiger partial charge in [0, 0.05) is 36.6 Å². The summed E-state index contributed by atoms with van der Waals surface area (Å²) in [5, 5.41) is 16.2. The Balaban J connectivity index is 2.44. The summed E-state index contributed by atoms with van der Waals surface area (Å²) in [7, 11) is 0. The van der Waals surface area contributed by atoms with Gasteiger partial charge in [0.15, 0.2) is 0 Å². The maximum Gasteiger partial charge on any atom is 0.0471 e. The van der Waals surface area contributed by atoms with Gasteiger partial charge in [0.05, 0.1) is 0 Å². The molecule has 3 nitrogen and oxygen atoms in total. The zero-order valence-electron chi connectivity index (χ0n) is 13.5. The summed E-state index contributed by atoms with van der Waals surface area (Å²) in [6.07, 6.45) is 1.77. The number of aliphatic hydroxyl groups is 1. The molecular formula is C19H26N2O. The van der Waals surface area contributed by atoms with Gasteiger partial charge in [-0.2, -0.15) is 0 Å². The molecule has 0 aliphatic carbocycles. The number of aliphatic hydroxyl groups excluding tert-OH is 1. The summed E-state index contributed by atoms with van der Waals surface area (Å²) in [5.74, 6) is 0. The van der Waals surface area contributed by atoms with Gasteiger partial charge in [-0.3, -0.25) is 0 Å². The van der Waals surface area contributed by atoms with E-state index in [0.29, 0.717) is 6.42 Å². The predicted molar refractivity (Wildman–Crippen MR) is 95.6 cm³/mol. The largest absolute Gasteiger partial charge is 0.396 e. The van der Waals surface area contributed by atoms with Gasteiger partial charge < -0.3 is 15.7 Å². The number of hydrogen-bond acceptors (Lipinski definition) is 3. The highest BCUT2D eigenvalue weighted by molar-refractivity contribution is 5.82. The zero-order valence-corrected chi connectivity index (χ0v) is 13.5. The molecule has 2 aromatic carbocycles. The minimum atomic E-state index is 0.171. The minimum absolute atomic E-state index is 0.171. The lowest BCUT2D eigenvalue weighted by Gasteiger charge is -2.16. The lowest BCUT2D eigenvalue weighted by molar-refractivity contribution is 0.300. The Hall–Kier alpha value is -2.00. The molecular weight excluding hydrogens is 272 g/mol. The van der Waals surface area contributed by atoms with E-state index in [1.165, 1.54) is 16.7 Å². The molecule has 3 N–H and O–H groups in total. The molecule has 0 bridgehead atoms. The fraction of sp³-hybridized carbons (Fsp3) is 0.368. The van der Waals surface area contributed by atoms with E-state index in [9.17, 15) is 5.11 Å². The molecule has 0 saturated heterocycles. The van der Waals surface area contributed by atoms with E-state index < -0.39 is 0 Å². The third kappa shape index (κ3) is 4.01. The van der Waals surface area contributed by atoms with Crippen molar-refractivity contribution < 1.29 is 5.11 Å². The molecule has 0 atom stereocenters. The van der Waals surface area contributed by atoms with Crippen LogP contribution < -0.4 is 10.6 Å². The molecule has 118 valence electrons. The SMILES string of the molecule is CCCNc1cc(NCC)ccc1-c1ccccc1CCO. The first-order chi connectivity index (χ1) is 10.8. The van der Waals surface area contributed by atoms with Gasteiger partial charge in [0.2, 0.25) is 0 Å². The second-order valence-corrected chi connectivity index (χ2v) is 5.35. The first kappa shape index (κ1) is 16.4. The van der Waals surface area contributed by atoms with Crippen LogP contribution in [-0.2, 0) is 6.42 Å². The predicted octanol–water partition coefficient (Wildman–Crippen LogP) is 4.14. The molecule has 2 aromatic rings. The Kier molecular flexibility index (Phi) is 6.28. The van der Waals surface area contributed by atoms with Crippen molar-refractivity contribution in [1.29, 1.82) is 0 Å². The summed E-state index contributed by atoms with van der Waals surface area (Å²) in [5.41, 5.74) is 5.84. The van der Waals surface area contributed by atoms with E-state index in [4.69, 9.17) is 0 Å². The summed E-state index contributed by atoms with van der Waals surface area (Å²) in [6.45, 7) is 6.30. The number of hydrogen-bond donors (Lipinski definition) is 3. The topological polar surface area (TPSA) is 44.3 Å². The second kappa shape index (κ2) is 8.44. The van der Waals surface area contributed by atoms with Gasteiger partial charge in [-0.25, -0.2) is 0 Å². The van der Waals surface area contributed by atoms with Crippen LogP contribution in [0.15, 0.2) is 42.5 Å². The van der Waals surface area contributed by atoms with Crippen molar-refractivity contribution in [3.05, 3.63) is 48.0 Å². The average Bonchev–Trinajstić information content (AvgIpc) is 2.54. The van der Waals surface area contributed by atoms with E-state index in [-0.39, 0.29) is 6.61 Å². The molecule has 0 fully saturated rings. The van der Waals surface area contributed by atoms with Crippen LogP contribution in [0.2, 0.25) is 0 Å². The molecule has 0 heterocycles. The molecule has 0 aliphatic rings. The third-order valence-electron chi connectivity index (χ3n) is 3.65. The van der Waals surface area contributed by atoms with Crippen molar-refractivity contribution in [2.75, 3.05) is 30.3 Å². The fourth-order valence-electron chi connectivity index (χ4n) is 2.62. The van der Waals surface area contributed by atoms with Gasteiger partial charge in [0.25, 0.3) is 0 Å². The van der Waals surface area contributed by atoms with Crippen LogP contribution in [0.1, 0.15) is 25.8 Å². The highest BCUT2D eigenvalue weighted by Gasteiger charge is 2.10. The van der Waals surface area contributed by atoms with E-state index in [1.54, 1.807) is 0 Å². The van der Waals surface area contributed by atoms with Gasteiger partial charge in [-0.05, 0) is 43.0 Å².